The van der Waals surface area contributed by atoms with Crippen molar-refractivity contribution in [2.45, 2.75) is 19.2 Å². The Morgan fingerprint density at radius 3 is 2.25 bits per heavy atom. The van der Waals surface area contributed by atoms with Gasteiger partial charge in [-0.05, 0) is 29.7 Å². The van der Waals surface area contributed by atoms with E-state index in [1.54, 1.807) is 6.07 Å². The first kappa shape index (κ1) is 14.6. The lowest BCUT2D eigenvalue weighted by molar-refractivity contribution is -0.137. The molecule has 0 heterocycles. The second-order valence-corrected chi connectivity index (χ2v) is 4.49. The maximum atomic E-state index is 12.5. The van der Waals surface area contributed by atoms with Gasteiger partial charge in [0.15, 0.2) is 0 Å². The molecule has 0 amide bonds. The van der Waals surface area contributed by atoms with E-state index >= 15 is 0 Å². The zero-order chi connectivity index (χ0) is 14.4. The Balaban J connectivity index is 1.83. The molecule has 0 aliphatic rings. The summed E-state index contributed by atoms with van der Waals surface area (Å²) in [6, 6.07) is 15.0. The van der Waals surface area contributed by atoms with E-state index < -0.39 is 11.7 Å². The monoisotopic (exact) mass is 280 g/mol. The largest absolute Gasteiger partial charge is 0.416 e. The van der Waals surface area contributed by atoms with Gasteiger partial charge in [0.25, 0.3) is 0 Å². The maximum absolute atomic E-state index is 12.5. The fourth-order valence-corrected chi connectivity index (χ4v) is 1.86. The summed E-state index contributed by atoms with van der Waals surface area (Å²) >= 11 is 0. The van der Waals surface area contributed by atoms with Gasteiger partial charge in [-0.25, -0.2) is 0 Å². The highest BCUT2D eigenvalue weighted by atomic mass is 19.4. The molecule has 0 bridgehead atoms. The predicted octanol–water partition coefficient (Wildman–Crippen LogP) is 4.46. The smallest absolute Gasteiger partial charge is 0.376 e. The van der Waals surface area contributed by atoms with Crippen molar-refractivity contribution in [1.82, 2.24) is 0 Å². The molecule has 0 fully saturated rings. The SMILES string of the molecule is FC(F)(F)c1cccc(COCCc2ccccc2)c1. The van der Waals surface area contributed by atoms with E-state index in [1.807, 2.05) is 30.3 Å². The first-order chi connectivity index (χ1) is 9.55. The second-order valence-electron chi connectivity index (χ2n) is 4.49. The van der Waals surface area contributed by atoms with E-state index in [-0.39, 0.29) is 6.61 Å². The van der Waals surface area contributed by atoms with Crippen molar-refractivity contribution in [3.63, 3.8) is 0 Å². The lowest BCUT2D eigenvalue weighted by atomic mass is 10.1. The van der Waals surface area contributed by atoms with E-state index in [0.29, 0.717) is 12.2 Å². The topological polar surface area (TPSA) is 9.23 Å². The van der Waals surface area contributed by atoms with Gasteiger partial charge < -0.3 is 4.74 Å². The molecule has 0 spiro atoms. The molecule has 0 aromatic heterocycles. The van der Waals surface area contributed by atoms with Crippen LogP contribution in [0, 0.1) is 0 Å². The summed E-state index contributed by atoms with van der Waals surface area (Å²) in [5, 5.41) is 0. The van der Waals surface area contributed by atoms with Gasteiger partial charge >= 0.3 is 6.18 Å². The Morgan fingerprint density at radius 2 is 1.55 bits per heavy atom. The van der Waals surface area contributed by atoms with Gasteiger partial charge in [0.2, 0.25) is 0 Å². The van der Waals surface area contributed by atoms with Crippen LogP contribution in [-0.4, -0.2) is 6.61 Å². The lowest BCUT2D eigenvalue weighted by Gasteiger charge is -2.09. The summed E-state index contributed by atoms with van der Waals surface area (Å²) in [6.45, 7) is 0.678. The molecule has 106 valence electrons. The molecule has 0 atom stereocenters. The van der Waals surface area contributed by atoms with Crippen molar-refractivity contribution < 1.29 is 17.9 Å². The number of hydrogen-bond acceptors (Lipinski definition) is 1. The zero-order valence-electron chi connectivity index (χ0n) is 10.9. The highest BCUT2D eigenvalue weighted by molar-refractivity contribution is 5.25. The molecule has 1 nitrogen and oxygen atoms in total. The standard InChI is InChI=1S/C16H15F3O/c17-16(18,19)15-8-4-7-14(11-15)12-20-10-9-13-5-2-1-3-6-13/h1-8,11H,9-10,12H2. The normalized spacial score (nSPS) is 11.6. The first-order valence-corrected chi connectivity index (χ1v) is 6.33. The minimum absolute atomic E-state index is 0.191. The summed E-state index contributed by atoms with van der Waals surface area (Å²) in [4.78, 5) is 0. The van der Waals surface area contributed by atoms with Crippen molar-refractivity contribution in [3.8, 4) is 0 Å². The Hall–Kier alpha value is -1.81. The maximum Gasteiger partial charge on any atom is 0.416 e. The van der Waals surface area contributed by atoms with Gasteiger partial charge in [0.1, 0.15) is 0 Å². The quantitative estimate of drug-likeness (QED) is 0.734. The minimum atomic E-state index is -4.31. The van der Waals surface area contributed by atoms with E-state index in [4.69, 9.17) is 4.74 Å². The van der Waals surface area contributed by atoms with Gasteiger partial charge in [0, 0.05) is 0 Å². The van der Waals surface area contributed by atoms with Crippen molar-refractivity contribution in [2.75, 3.05) is 6.61 Å². The summed E-state index contributed by atoms with van der Waals surface area (Å²) in [5.74, 6) is 0. The van der Waals surface area contributed by atoms with Crippen molar-refractivity contribution in [3.05, 3.63) is 71.3 Å². The third-order valence-corrected chi connectivity index (χ3v) is 2.90. The molecule has 4 heteroatoms. The van der Waals surface area contributed by atoms with Crippen LogP contribution < -0.4 is 0 Å². The Labute approximate surface area is 116 Å². The molecule has 0 aliphatic carbocycles. The van der Waals surface area contributed by atoms with E-state index in [0.717, 1.165) is 24.1 Å². The van der Waals surface area contributed by atoms with Crippen molar-refractivity contribution in [2.24, 2.45) is 0 Å². The first-order valence-electron chi connectivity index (χ1n) is 6.33. The molecule has 0 radical (unpaired) electrons. The van der Waals surface area contributed by atoms with Crippen LogP contribution in [0.2, 0.25) is 0 Å². The highest BCUT2D eigenvalue weighted by Gasteiger charge is 2.30. The van der Waals surface area contributed by atoms with Crippen LogP contribution in [0.25, 0.3) is 0 Å². The van der Waals surface area contributed by atoms with Gasteiger partial charge in [-0.15, -0.1) is 0 Å². The van der Waals surface area contributed by atoms with Crippen LogP contribution >= 0.6 is 0 Å². The van der Waals surface area contributed by atoms with Crippen molar-refractivity contribution >= 4 is 0 Å². The third kappa shape index (κ3) is 4.38. The fourth-order valence-electron chi connectivity index (χ4n) is 1.86. The number of hydrogen-bond donors (Lipinski definition) is 0. The molecule has 0 saturated carbocycles. The van der Waals surface area contributed by atoms with Crippen LogP contribution in [0.5, 0.6) is 0 Å². The van der Waals surface area contributed by atoms with E-state index in [1.165, 1.54) is 6.07 Å². The average molecular weight is 280 g/mol. The number of alkyl halides is 3. The zero-order valence-corrected chi connectivity index (χ0v) is 10.9. The van der Waals surface area contributed by atoms with Crippen LogP contribution in [0.15, 0.2) is 54.6 Å². The van der Waals surface area contributed by atoms with Crippen LogP contribution in [0.1, 0.15) is 16.7 Å². The van der Waals surface area contributed by atoms with Gasteiger partial charge in [-0.1, -0.05) is 42.5 Å². The predicted molar refractivity (Wildman–Crippen MR) is 71.2 cm³/mol. The van der Waals surface area contributed by atoms with Crippen LogP contribution in [-0.2, 0) is 23.9 Å². The third-order valence-electron chi connectivity index (χ3n) is 2.90. The molecule has 0 N–H and O–H groups in total. The molecule has 2 aromatic rings. The molecule has 20 heavy (non-hydrogen) atoms. The van der Waals surface area contributed by atoms with Gasteiger partial charge in [0.05, 0.1) is 18.8 Å². The number of rotatable bonds is 5. The summed E-state index contributed by atoms with van der Waals surface area (Å²) in [6.07, 6.45) is -3.56. The van der Waals surface area contributed by atoms with Gasteiger partial charge in [-0.2, -0.15) is 13.2 Å². The summed E-state index contributed by atoms with van der Waals surface area (Å²) < 4.78 is 43.0. The molecule has 2 rings (SSSR count). The Kier molecular flexibility index (Phi) is 4.79. The molecule has 0 aliphatic heterocycles. The summed E-state index contributed by atoms with van der Waals surface area (Å²) in [7, 11) is 0. The van der Waals surface area contributed by atoms with Crippen molar-refractivity contribution in [1.29, 1.82) is 0 Å². The van der Waals surface area contributed by atoms with E-state index in [2.05, 4.69) is 0 Å². The molecule has 0 unspecified atom stereocenters. The summed E-state index contributed by atoms with van der Waals surface area (Å²) in [5.41, 5.74) is 1.05. The lowest BCUT2D eigenvalue weighted by Crippen LogP contribution is -2.06. The second kappa shape index (κ2) is 6.57. The number of halogens is 3. The minimum Gasteiger partial charge on any atom is -0.376 e. The van der Waals surface area contributed by atoms with Crippen LogP contribution in [0.3, 0.4) is 0 Å². The Bertz CT molecular complexity index is 535. The molecular formula is C16H15F3O. The van der Waals surface area contributed by atoms with Crippen LogP contribution in [0.4, 0.5) is 13.2 Å². The highest BCUT2D eigenvalue weighted by Crippen LogP contribution is 2.29. The number of benzene rings is 2. The molecule has 0 saturated heterocycles. The number of ether oxygens (including phenoxy) is 1. The average Bonchev–Trinajstić information content (AvgIpc) is 2.44. The van der Waals surface area contributed by atoms with E-state index in [9.17, 15) is 13.2 Å². The van der Waals surface area contributed by atoms with Gasteiger partial charge in [-0.3, -0.25) is 0 Å². The molecule has 2 aromatic carbocycles. The molecular weight excluding hydrogens is 265 g/mol. The Morgan fingerprint density at radius 1 is 0.850 bits per heavy atom. The fraction of sp³-hybridized carbons (Fsp3) is 0.250.